The number of rotatable bonds is 2. The second-order valence-corrected chi connectivity index (χ2v) is 6.01. The normalized spacial score (nSPS) is 24.8. The molecule has 4 nitrogen and oxygen atoms in total. The minimum atomic E-state index is 0.550. The Balaban J connectivity index is 2.14. The molecule has 2 atom stereocenters. The summed E-state index contributed by atoms with van der Waals surface area (Å²) in [5.41, 5.74) is 0. The van der Waals surface area contributed by atoms with Crippen molar-refractivity contribution < 1.29 is 0 Å². The van der Waals surface area contributed by atoms with Crippen molar-refractivity contribution in [1.82, 2.24) is 9.97 Å². The van der Waals surface area contributed by atoms with E-state index in [0.717, 1.165) is 30.8 Å². The van der Waals surface area contributed by atoms with E-state index in [9.17, 15) is 0 Å². The molecule has 0 saturated carbocycles. The molecule has 1 aromatic heterocycles. The molecule has 2 heterocycles. The van der Waals surface area contributed by atoms with Crippen molar-refractivity contribution in [1.29, 1.82) is 0 Å². The van der Waals surface area contributed by atoms with Crippen LogP contribution in [0.5, 0.6) is 0 Å². The van der Waals surface area contributed by atoms with Gasteiger partial charge < -0.3 is 9.80 Å². The van der Waals surface area contributed by atoms with Gasteiger partial charge in [-0.15, -0.1) is 0 Å². The van der Waals surface area contributed by atoms with Crippen LogP contribution in [0.1, 0.15) is 13.3 Å². The zero-order valence-electron chi connectivity index (χ0n) is 10.6. The zero-order valence-corrected chi connectivity index (χ0v) is 12.2. The first-order valence-corrected chi connectivity index (χ1v) is 6.89. The highest BCUT2D eigenvalue weighted by atomic mass is 79.9. The van der Waals surface area contributed by atoms with Crippen LogP contribution in [0.25, 0.3) is 0 Å². The highest BCUT2D eigenvalue weighted by Crippen LogP contribution is 2.26. The summed E-state index contributed by atoms with van der Waals surface area (Å²) in [7, 11) is 3.93. The predicted molar refractivity (Wildman–Crippen MR) is 75.1 cm³/mol. The van der Waals surface area contributed by atoms with Crippen LogP contribution in [0.2, 0.25) is 0 Å². The minimum Gasteiger partial charge on any atom is -0.355 e. The topological polar surface area (TPSA) is 32.3 Å². The van der Waals surface area contributed by atoms with E-state index < -0.39 is 0 Å². The Morgan fingerprint density at radius 2 is 2.24 bits per heavy atom. The van der Waals surface area contributed by atoms with Crippen LogP contribution in [0, 0.1) is 5.92 Å². The van der Waals surface area contributed by atoms with E-state index in [2.05, 4.69) is 37.7 Å². The quantitative estimate of drug-likeness (QED) is 0.783. The molecule has 1 aliphatic heterocycles. The highest BCUT2D eigenvalue weighted by molar-refractivity contribution is 9.09. The average Bonchev–Trinajstić information content (AvgIpc) is 2.33. The maximum absolute atomic E-state index is 4.58. The summed E-state index contributed by atoms with van der Waals surface area (Å²) < 4.78 is 0. The van der Waals surface area contributed by atoms with Crippen LogP contribution < -0.4 is 9.80 Å². The molecule has 5 heteroatoms. The molecule has 0 N–H and O–H groups in total. The Bertz CT molecular complexity index is 383. The molecule has 17 heavy (non-hydrogen) atoms. The van der Waals surface area contributed by atoms with Crippen molar-refractivity contribution in [3.63, 3.8) is 0 Å². The Labute approximate surface area is 111 Å². The van der Waals surface area contributed by atoms with E-state index in [0.29, 0.717) is 4.83 Å². The first-order valence-electron chi connectivity index (χ1n) is 5.97. The van der Waals surface area contributed by atoms with Gasteiger partial charge in [0.15, 0.2) is 0 Å². The number of aromatic nitrogens is 2. The number of alkyl halides is 1. The molecule has 94 valence electrons. The second kappa shape index (κ2) is 5.21. The van der Waals surface area contributed by atoms with Crippen LogP contribution in [0.15, 0.2) is 12.3 Å². The number of hydrogen-bond donors (Lipinski definition) is 0. The first kappa shape index (κ1) is 12.6. The van der Waals surface area contributed by atoms with Crippen molar-refractivity contribution in [2.45, 2.75) is 18.2 Å². The molecule has 0 amide bonds. The summed E-state index contributed by atoms with van der Waals surface area (Å²) >= 11 is 3.74. The third-order valence-corrected chi connectivity index (χ3v) is 4.41. The van der Waals surface area contributed by atoms with Crippen LogP contribution in [0.4, 0.5) is 11.8 Å². The predicted octanol–water partition coefficient (Wildman–Crippen LogP) is 2.15. The largest absolute Gasteiger partial charge is 0.355 e. The summed E-state index contributed by atoms with van der Waals surface area (Å²) in [6, 6.07) is 1.99. The molecule has 0 aliphatic carbocycles. The fraction of sp³-hybridized carbons (Fsp3) is 0.667. The van der Waals surface area contributed by atoms with Crippen LogP contribution in [-0.2, 0) is 0 Å². The van der Waals surface area contributed by atoms with Crippen molar-refractivity contribution in [3.05, 3.63) is 12.3 Å². The lowest BCUT2D eigenvalue weighted by molar-refractivity contribution is 0.454. The zero-order chi connectivity index (χ0) is 12.4. The van der Waals surface area contributed by atoms with E-state index in [4.69, 9.17) is 0 Å². The Morgan fingerprint density at radius 3 is 2.88 bits per heavy atom. The molecule has 2 rings (SSSR count). The number of halogens is 1. The lowest BCUT2D eigenvalue weighted by Gasteiger charge is -2.35. The van der Waals surface area contributed by atoms with E-state index in [-0.39, 0.29) is 0 Å². The number of anilines is 2. The second-order valence-electron chi connectivity index (χ2n) is 4.84. The van der Waals surface area contributed by atoms with Gasteiger partial charge in [0.05, 0.1) is 0 Å². The SMILES string of the molecule is CC1CCN(c2ccnc(N(C)C)n2)CC1Br. The fourth-order valence-electron chi connectivity index (χ4n) is 1.96. The molecule has 2 unspecified atom stereocenters. The summed E-state index contributed by atoms with van der Waals surface area (Å²) in [5.74, 6) is 2.54. The van der Waals surface area contributed by atoms with Gasteiger partial charge in [-0.2, -0.15) is 4.98 Å². The van der Waals surface area contributed by atoms with Gasteiger partial charge >= 0.3 is 0 Å². The first-order chi connectivity index (χ1) is 8.08. The van der Waals surface area contributed by atoms with Gasteiger partial charge in [-0.3, -0.25) is 0 Å². The van der Waals surface area contributed by atoms with Gasteiger partial charge in [-0.1, -0.05) is 22.9 Å². The third-order valence-electron chi connectivity index (χ3n) is 3.22. The molecule has 0 aromatic carbocycles. The molecule has 1 aliphatic rings. The fourth-order valence-corrected chi connectivity index (χ4v) is 2.57. The summed E-state index contributed by atoms with van der Waals surface area (Å²) in [4.78, 5) is 13.6. The van der Waals surface area contributed by atoms with Crippen LogP contribution >= 0.6 is 15.9 Å². The molecule has 0 radical (unpaired) electrons. The van der Waals surface area contributed by atoms with Crippen molar-refractivity contribution in [2.24, 2.45) is 5.92 Å². The monoisotopic (exact) mass is 298 g/mol. The number of piperidine rings is 1. The van der Waals surface area contributed by atoms with Gasteiger partial charge in [0, 0.05) is 38.2 Å². The maximum Gasteiger partial charge on any atom is 0.226 e. The van der Waals surface area contributed by atoms with Gasteiger partial charge in [-0.05, 0) is 18.4 Å². The van der Waals surface area contributed by atoms with Crippen molar-refractivity contribution in [3.8, 4) is 0 Å². The van der Waals surface area contributed by atoms with E-state index in [1.807, 2.05) is 31.3 Å². The van der Waals surface area contributed by atoms with Crippen molar-refractivity contribution >= 4 is 27.7 Å². The molecule has 0 bridgehead atoms. The molecule has 1 aromatic rings. The van der Waals surface area contributed by atoms with E-state index in [1.54, 1.807) is 0 Å². The van der Waals surface area contributed by atoms with Gasteiger partial charge in [0.2, 0.25) is 5.95 Å². The number of nitrogens with zero attached hydrogens (tertiary/aromatic N) is 4. The highest BCUT2D eigenvalue weighted by Gasteiger charge is 2.24. The van der Waals surface area contributed by atoms with E-state index in [1.165, 1.54) is 6.42 Å². The summed E-state index contributed by atoms with van der Waals surface area (Å²) in [5, 5.41) is 0. The van der Waals surface area contributed by atoms with Crippen molar-refractivity contribution in [2.75, 3.05) is 37.0 Å². The van der Waals surface area contributed by atoms with Gasteiger partial charge in [-0.25, -0.2) is 4.98 Å². The van der Waals surface area contributed by atoms with E-state index >= 15 is 0 Å². The lowest BCUT2D eigenvalue weighted by Crippen LogP contribution is -2.40. The smallest absolute Gasteiger partial charge is 0.226 e. The molecular formula is C12H19BrN4. The summed E-state index contributed by atoms with van der Waals surface area (Å²) in [6.07, 6.45) is 3.04. The molecular weight excluding hydrogens is 280 g/mol. The molecule has 1 fully saturated rings. The van der Waals surface area contributed by atoms with Crippen LogP contribution in [0.3, 0.4) is 0 Å². The molecule has 0 spiro atoms. The minimum absolute atomic E-state index is 0.550. The van der Waals surface area contributed by atoms with Crippen LogP contribution in [-0.4, -0.2) is 42.0 Å². The average molecular weight is 299 g/mol. The summed E-state index contributed by atoms with van der Waals surface area (Å²) in [6.45, 7) is 4.39. The lowest BCUT2D eigenvalue weighted by atomic mass is 9.99. The Morgan fingerprint density at radius 1 is 1.47 bits per heavy atom. The number of hydrogen-bond acceptors (Lipinski definition) is 4. The maximum atomic E-state index is 4.58. The molecule has 1 saturated heterocycles. The third kappa shape index (κ3) is 2.89. The van der Waals surface area contributed by atoms with Gasteiger partial charge in [0.25, 0.3) is 0 Å². The Hall–Kier alpha value is -0.840. The van der Waals surface area contributed by atoms with Gasteiger partial charge in [0.1, 0.15) is 5.82 Å². The Kier molecular flexibility index (Phi) is 3.86. The standard InChI is InChI=1S/C12H19BrN4/c1-9-5-7-17(8-10(9)13)11-4-6-14-12(15-11)16(2)3/h4,6,9-10H,5,7-8H2,1-3H3.